The number of aromatic nitrogens is 2. The Balaban J connectivity index is 2.82. The predicted octanol–water partition coefficient (Wildman–Crippen LogP) is 1.79. The minimum Gasteiger partial charge on any atom is -0.480 e. The van der Waals surface area contributed by atoms with Crippen molar-refractivity contribution in [3.05, 3.63) is 15.9 Å². The Morgan fingerprint density at radius 1 is 1.59 bits per heavy atom. The van der Waals surface area contributed by atoms with Crippen molar-refractivity contribution in [1.29, 1.82) is 0 Å². The van der Waals surface area contributed by atoms with Gasteiger partial charge in [-0.3, -0.25) is 14.8 Å². The van der Waals surface area contributed by atoms with Crippen LogP contribution in [0.1, 0.15) is 32.2 Å². The van der Waals surface area contributed by atoms with Gasteiger partial charge in [-0.25, -0.2) is 0 Å². The normalized spacial score (nSPS) is 12.7. The maximum Gasteiger partial charge on any atom is 0.320 e. The van der Waals surface area contributed by atoms with E-state index in [1.54, 1.807) is 6.92 Å². The van der Waals surface area contributed by atoms with Gasteiger partial charge in [-0.05, 0) is 36.2 Å². The van der Waals surface area contributed by atoms with Crippen LogP contribution >= 0.6 is 15.9 Å². The van der Waals surface area contributed by atoms with E-state index in [1.165, 1.54) is 0 Å². The molecule has 0 saturated heterocycles. The first-order valence-corrected chi connectivity index (χ1v) is 6.50. The van der Waals surface area contributed by atoms with Crippen LogP contribution in [0.25, 0.3) is 0 Å². The van der Waals surface area contributed by atoms with Gasteiger partial charge < -0.3 is 5.11 Å². The minimum atomic E-state index is -0.848. The molecule has 17 heavy (non-hydrogen) atoms. The van der Waals surface area contributed by atoms with Crippen LogP contribution in [0.4, 0.5) is 0 Å². The Morgan fingerprint density at radius 2 is 2.24 bits per heavy atom. The first-order chi connectivity index (χ1) is 8.01. The van der Waals surface area contributed by atoms with E-state index in [-0.39, 0.29) is 0 Å². The summed E-state index contributed by atoms with van der Waals surface area (Å²) in [5.74, 6) is -0.848. The fourth-order valence-corrected chi connectivity index (χ4v) is 2.23. The molecule has 1 rings (SSSR count). The number of nitrogens with one attached hydrogen (secondary N) is 1. The van der Waals surface area contributed by atoms with E-state index in [0.29, 0.717) is 6.54 Å². The maximum absolute atomic E-state index is 10.7. The molecule has 5 nitrogen and oxygen atoms in total. The number of hydrogen-bond donors (Lipinski definition) is 2. The molecule has 0 aliphatic heterocycles. The van der Waals surface area contributed by atoms with E-state index in [9.17, 15) is 4.79 Å². The van der Waals surface area contributed by atoms with Crippen molar-refractivity contribution in [3.8, 4) is 0 Å². The molecular weight excluding hydrogens is 286 g/mol. The Bertz CT molecular complexity index is 404. The number of halogens is 1. The van der Waals surface area contributed by atoms with E-state index in [2.05, 4.69) is 26.3 Å². The molecule has 1 heterocycles. The molecule has 0 bridgehead atoms. The van der Waals surface area contributed by atoms with Crippen LogP contribution in [0.3, 0.4) is 0 Å². The van der Waals surface area contributed by atoms with Gasteiger partial charge in [0.25, 0.3) is 0 Å². The summed E-state index contributed by atoms with van der Waals surface area (Å²) in [6, 6.07) is -0.563. The number of carboxylic acids is 1. The molecule has 0 fully saturated rings. The molecule has 0 saturated carbocycles. The molecule has 1 unspecified atom stereocenters. The lowest BCUT2D eigenvalue weighted by molar-refractivity contribution is -0.139. The number of aliphatic carboxylic acids is 1. The lowest BCUT2D eigenvalue weighted by atomic mass is 10.3. The summed E-state index contributed by atoms with van der Waals surface area (Å²) < 4.78 is 2.87. The Labute approximate surface area is 109 Å². The minimum absolute atomic E-state index is 0.495. The molecule has 2 N–H and O–H groups in total. The molecule has 96 valence electrons. The van der Waals surface area contributed by atoms with Crippen molar-refractivity contribution in [1.82, 2.24) is 15.1 Å². The van der Waals surface area contributed by atoms with Crippen molar-refractivity contribution < 1.29 is 9.90 Å². The molecule has 1 aromatic rings. The van der Waals surface area contributed by atoms with Crippen LogP contribution in [0, 0.1) is 0 Å². The summed E-state index contributed by atoms with van der Waals surface area (Å²) in [6.07, 6.45) is 0.856. The zero-order valence-electron chi connectivity index (χ0n) is 10.3. The molecule has 0 aliphatic rings. The second-order valence-corrected chi connectivity index (χ2v) is 4.61. The van der Waals surface area contributed by atoms with Crippen LogP contribution in [-0.2, 0) is 24.3 Å². The summed E-state index contributed by atoms with van der Waals surface area (Å²) in [7, 11) is 0. The molecular formula is C11H18BrN3O2. The molecule has 0 amide bonds. The lowest BCUT2D eigenvalue weighted by Gasteiger charge is -2.10. The highest BCUT2D eigenvalue weighted by Gasteiger charge is 2.16. The van der Waals surface area contributed by atoms with Crippen LogP contribution in [0.15, 0.2) is 4.47 Å². The van der Waals surface area contributed by atoms with Crippen molar-refractivity contribution in [2.45, 2.75) is 46.3 Å². The monoisotopic (exact) mass is 303 g/mol. The van der Waals surface area contributed by atoms with Crippen molar-refractivity contribution >= 4 is 21.9 Å². The van der Waals surface area contributed by atoms with Crippen LogP contribution < -0.4 is 5.32 Å². The van der Waals surface area contributed by atoms with E-state index in [4.69, 9.17) is 5.11 Å². The molecule has 0 radical (unpaired) electrons. The third-order valence-corrected chi connectivity index (χ3v) is 3.56. The molecule has 1 aromatic heterocycles. The first-order valence-electron chi connectivity index (χ1n) is 5.71. The third kappa shape index (κ3) is 3.29. The van der Waals surface area contributed by atoms with Crippen LogP contribution in [0.5, 0.6) is 0 Å². The number of aryl methyl sites for hydroxylation is 2. The van der Waals surface area contributed by atoms with Gasteiger partial charge in [-0.1, -0.05) is 6.92 Å². The van der Waals surface area contributed by atoms with E-state index in [0.717, 1.165) is 28.8 Å². The fourth-order valence-electron chi connectivity index (χ4n) is 1.52. The third-order valence-electron chi connectivity index (χ3n) is 2.64. The van der Waals surface area contributed by atoms with Gasteiger partial charge in [0.1, 0.15) is 6.04 Å². The molecule has 0 aromatic carbocycles. The summed E-state index contributed by atoms with van der Waals surface area (Å²) in [5.41, 5.74) is 2.00. The van der Waals surface area contributed by atoms with Gasteiger partial charge in [0, 0.05) is 13.1 Å². The van der Waals surface area contributed by atoms with Crippen molar-refractivity contribution in [3.63, 3.8) is 0 Å². The van der Waals surface area contributed by atoms with E-state index >= 15 is 0 Å². The second kappa shape index (κ2) is 6.16. The first kappa shape index (κ1) is 14.2. The fraction of sp³-hybridized carbons (Fsp3) is 0.636. The maximum atomic E-state index is 10.7. The average molecular weight is 304 g/mol. The average Bonchev–Trinajstić information content (AvgIpc) is 2.62. The van der Waals surface area contributed by atoms with Gasteiger partial charge in [0.2, 0.25) is 0 Å². The van der Waals surface area contributed by atoms with E-state index in [1.807, 2.05) is 18.5 Å². The summed E-state index contributed by atoms with van der Waals surface area (Å²) in [4.78, 5) is 10.7. The second-order valence-electron chi connectivity index (χ2n) is 3.82. The number of nitrogens with zero attached hydrogens (tertiary/aromatic N) is 2. The summed E-state index contributed by atoms with van der Waals surface area (Å²) in [6.45, 7) is 6.96. The molecule has 6 heteroatoms. The van der Waals surface area contributed by atoms with E-state index < -0.39 is 12.0 Å². The molecule has 0 spiro atoms. The zero-order chi connectivity index (χ0) is 13.0. The Kier molecular flexibility index (Phi) is 5.14. The lowest BCUT2D eigenvalue weighted by Crippen LogP contribution is -2.33. The van der Waals surface area contributed by atoms with Gasteiger partial charge >= 0.3 is 5.97 Å². The van der Waals surface area contributed by atoms with Gasteiger partial charge in [-0.2, -0.15) is 5.10 Å². The molecule has 0 aliphatic carbocycles. The highest BCUT2D eigenvalue weighted by Crippen LogP contribution is 2.22. The summed E-state index contributed by atoms with van der Waals surface area (Å²) in [5, 5.41) is 16.2. The topological polar surface area (TPSA) is 67.2 Å². The van der Waals surface area contributed by atoms with Crippen LogP contribution in [0.2, 0.25) is 0 Å². The number of carboxylic acid groups (broad SMARTS) is 1. The van der Waals surface area contributed by atoms with Gasteiger partial charge in [0.15, 0.2) is 0 Å². The number of carbonyl (C=O) groups is 1. The highest BCUT2D eigenvalue weighted by molar-refractivity contribution is 9.10. The van der Waals surface area contributed by atoms with Crippen molar-refractivity contribution in [2.75, 3.05) is 0 Å². The summed E-state index contributed by atoms with van der Waals surface area (Å²) >= 11 is 3.52. The SMILES string of the molecule is CCc1nn(CC)c(CNC(C)C(=O)O)c1Br. The van der Waals surface area contributed by atoms with Gasteiger partial charge in [-0.15, -0.1) is 0 Å². The number of hydrogen-bond acceptors (Lipinski definition) is 3. The van der Waals surface area contributed by atoms with Gasteiger partial charge in [0.05, 0.1) is 15.9 Å². The zero-order valence-corrected chi connectivity index (χ0v) is 11.9. The molecule has 1 atom stereocenters. The standard InChI is InChI=1S/C11H18BrN3O2/c1-4-8-10(12)9(15(5-2)14-8)6-13-7(3)11(16)17/h7,13H,4-6H2,1-3H3,(H,16,17). The largest absolute Gasteiger partial charge is 0.480 e. The smallest absolute Gasteiger partial charge is 0.320 e. The highest BCUT2D eigenvalue weighted by atomic mass is 79.9. The Morgan fingerprint density at radius 3 is 2.71 bits per heavy atom. The quantitative estimate of drug-likeness (QED) is 0.841. The number of rotatable bonds is 6. The Hall–Kier alpha value is -0.880. The predicted molar refractivity (Wildman–Crippen MR) is 68.9 cm³/mol. The van der Waals surface area contributed by atoms with Crippen LogP contribution in [-0.4, -0.2) is 26.9 Å². The van der Waals surface area contributed by atoms with Crippen molar-refractivity contribution in [2.24, 2.45) is 0 Å².